The third kappa shape index (κ3) is 4.05. The molecule has 0 N–H and O–H groups in total. The van der Waals surface area contributed by atoms with Gasteiger partial charge < -0.3 is 14.1 Å². The van der Waals surface area contributed by atoms with Gasteiger partial charge in [0.05, 0.1) is 7.11 Å². The van der Waals surface area contributed by atoms with E-state index < -0.39 is 5.25 Å². The van der Waals surface area contributed by atoms with Crippen LogP contribution in [0.15, 0.2) is 64.2 Å². The normalized spacial score (nSPS) is 11.8. The second-order valence-electron chi connectivity index (χ2n) is 5.74. The molecule has 3 aromatic rings. The highest BCUT2D eigenvalue weighted by Gasteiger charge is 2.26. The largest absolute Gasteiger partial charge is 0.497 e. The van der Waals surface area contributed by atoms with E-state index in [0.717, 1.165) is 16.9 Å². The highest BCUT2D eigenvalue weighted by molar-refractivity contribution is 8.00. The number of hydrogen-bond donors (Lipinski definition) is 0. The van der Waals surface area contributed by atoms with Gasteiger partial charge in [0, 0.05) is 19.7 Å². The van der Waals surface area contributed by atoms with Crippen molar-refractivity contribution < 1.29 is 13.9 Å². The van der Waals surface area contributed by atoms with E-state index in [1.807, 2.05) is 54.6 Å². The summed E-state index contributed by atoms with van der Waals surface area (Å²) >= 11 is 1.25. The molecule has 1 atom stereocenters. The average Bonchev–Trinajstić information content (AvgIpc) is 3.15. The molecule has 26 heavy (non-hydrogen) atoms. The molecule has 3 rings (SSSR count). The van der Waals surface area contributed by atoms with Crippen molar-refractivity contribution in [2.45, 2.75) is 10.5 Å². The van der Waals surface area contributed by atoms with Crippen LogP contribution in [0.1, 0.15) is 10.8 Å². The quantitative estimate of drug-likeness (QED) is 0.618. The first-order chi connectivity index (χ1) is 12.6. The number of likely N-dealkylation sites (N-methyl/N-ethyl adjacent to an activating group) is 1. The summed E-state index contributed by atoms with van der Waals surface area (Å²) in [7, 11) is 5.08. The minimum Gasteiger partial charge on any atom is -0.497 e. The minimum absolute atomic E-state index is 0.0367. The molecule has 2 aromatic carbocycles. The van der Waals surface area contributed by atoms with Crippen molar-refractivity contribution in [3.8, 4) is 17.2 Å². The van der Waals surface area contributed by atoms with E-state index >= 15 is 0 Å². The Hall–Kier alpha value is -2.80. The minimum atomic E-state index is -0.449. The van der Waals surface area contributed by atoms with E-state index in [9.17, 15) is 4.79 Å². The van der Waals surface area contributed by atoms with Gasteiger partial charge in [0.1, 0.15) is 11.0 Å². The number of nitrogens with zero attached hydrogens (tertiary/aromatic N) is 3. The number of thioether (sulfide) groups is 1. The predicted octanol–water partition coefficient (Wildman–Crippen LogP) is 3.67. The van der Waals surface area contributed by atoms with Gasteiger partial charge in [-0.2, -0.15) is 0 Å². The van der Waals surface area contributed by atoms with Crippen molar-refractivity contribution in [3.63, 3.8) is 0 Å². The number of ether oxygens (including phenoxy) is 1. The van der Waals surface area contributed by atoms with Crippen molar-refractivity contribution >= 4 is 17.7 Å². The molecule has 0 fully saturated rings. The molecule has 7 heteroatoms. The molecule has 0 bridgehead atoms. The van der Waals surface area contributed by atoms with E-state index in [-0.39, 0.29) is 5.91 Å². The lowest BCUT2D eigenvalue weighted by atomic mass is 10.1. The van der Waals surface area contributed by atoms with Gasteiger partial charge in [-0.3, -0.25) is 4.79 Å². The number of benzene rings is 2. The second kappa shape index (κ2) is 8.05. The van der Waals surface area contributed by atoms with Gasteiger partial charge in [0.15, 0.2) is 0 Å². The standard InChI is InChI=1S/C19H19N3O3S/c1-22(2)18(23)16(13-7-5-4-6-8-13)26-19-21-20-17(25-19)14-9-11-15(24-3)12-10-14/h4-12,16H,1-3H3/t16-/m0/s1. The number of carbonyl (C=O) groups excluding carboxylic acids is 1. The zero-order valence-electron chi connectivity index (χ0n) is 14.7. The van der Waals surface area contributed by atoms with Crippen LogP contribution in [0.2, 0.25) is 0 Å². The Morgan fingerprint density at radius 3 is 2.38 bits per heavy atom. The van der Waals surface area contributed by atoms with E-state index in [4.69, 9.17) is 9.15 Å². The number of aromatic nitrogens is 2. The molecule has 0 aliphatic heterocycles. The molecular weight excluding hydrogens is 350 g/mol. The zero-order chi connectivity index (χ0) is 18.5. The highest BCUT2D eigenvalue weighted by atomic mass is 32.2. The monoisotopic (exact) mass is 369 g/mol. The molecule has 0 radical (unpaired) electrons. The fraction of sp³-hybridized carbons (Fsp3) is 0.211. The molecule has 1 heterocycles. The lowest BCUT2D eigenvalue weighted by molar-refractivity contribution is -0.128. The number of amides is 1. The first kappa shape index (κ1) is 18.0. The van der Waals surface area contributed by atoms with Crippen molar-refractivity contribution in [3.05, 3.63) is 60.2 Å². The summed E-state index contributed by atoms with van der Waals surface area (Å²) < 4.78 is 10.9. The maximum absolute atomic E-state index is 12.6. The van der Waals surface area contributed by atoms with E-state index in [1.165, 1.54) is 11.8 Å². The van der Waals surface area contributed by atoms with E-state index in [1.54, 1.807) is 26.1 Å². The maximum Gasteiger partial charge on any atom is 0.277 e. The van der Waals surface area contributed by atoms with Crippen LogP contribution in [-0.2, 0) is 4.79 Å². The van der Waals surface area contributed by atoms with Crippen LogP contribution in [-0.4, -0.2) is 42.2 Å². The van der Waals surface area contributed by atoms with Crippen LogP contribution in [0.25, 0.3) is 11.5 Å². The smallest absolute Gasteiger partial charge is 0.277 e. The van der Waals surface area contributed by atoms with Gasteiger partial charge in [-0.05, 0) is 41.6 Å². The van der Waals surface area contributed by atoms with Crippen molar-refractivity contribution in [1.82, 2.24) is 15.1 Å². The first-order valence-corrected chi connectivity index (χ1v) is 8.87. The predicted molar refractivity (Wildman–Crippen MR) is 100 cm³/mol. The average molecular weight is 369 g/mol. The van der Waals surface area contributed by atoms with Crippen LogP contribution in [0.3, 0.4) is 0 Å². The summed E-state index contributed by atoms with van der Waals surface area (Å²) in [5.74, 6) is 1.12. The Labute approximate surface area is 156 Å². The summed E-state index contributed by atoms with van der Waals surface area (Å²) in [6, 6.07) is 16.9. The molecule has 0 aliphatic carbocycles. The molecule has 0 spiro atoms. The fourth-order valence-corrected chi connectivity index (χ4v) is 3.35. The van der Waals surface area contributed by atoms with Crippen LogP contribution < -0.4 is 4.74 Å². The van der Waals surface area contributed by atoms with Gasteiger partial charge in [-0.1, -0.05) is 30.3 Å². The topological polar surface area (TPSA) is 68.5 Å². The van der Waals surface area contributed by atoms with Gasteiger partial charge in [-0.25, -0.2) is 0 Å². The van der Waals surface area contributed by atoms with E-state index in [0.29, 0.717) is 11.1 Å². The summed E-state index contributed by atoms with van der Waals surface area (Å²) in [5.41, 5.74) is 1.68. The Morgan fingerprint density at radius 1 is 1.08 bits per heavy atom. The lowest BCUT2D eigenvalue weighted by Crippen LogP contribution is -2.26. The zero-order valence-corrected chi connectivity index (χ0v) is 15.6. The fourth-order valence-electron chi connectivity index (χ4n) is 2.33. The van der Waals surface area contributed by atoms with Crippen LogP contribution in [0.5, 0.6) is 5.75 Å². The van der Waals surface area contributed by atoms with Crippen LogP contribution in [0, 0.1) is 0 Å². The van der Waals surface area contributed by atoms with Crippen molar-refractivity contribution in [1.29, 1.82) is 0 Å². The van der Waals surface area contributed by atoms with Crippen molar-refractivity contribution in [2.75, 3.05) is 21.2 Å². The van der Waals surface area contributed by atoms with Gasteiger partial charge in [0.2, 0.25) is 11.8 Å². The molecular formula is C19H19N3O3S. The Morgan fingerprint density at radius 2 is 1.77 bits per heavy atom. The van der Waals surface area contributed by atoms with E-state index in [2.05, 4.69) is 10.2 Å². The molecule has 134 valence electrons. The first-order valence-electron chi connectivity index (χ1n) is 7.99. The van der Waals surface area contributed by atoms with Crippen LogP contribution >= 0.6 is 11.8 Å². The number of methoxy groups -OCH3 is 1. The molecule has 0 saturated carbocycles. The molecule has 0 unspecified atom stereocenters. The molecule has 0 saturated heterocycles. The Bertz CT molecular complexity index is 863. The second-order valence-corrected chi connectivity index (χ2v) is 6.80. The summed E-state index contributed by atoms with van der Waals surface area (Å²) in [6.45, 7) is 0. The molecule has 6 nitrogen and oxygen atoms in total. The number of hydrogen-bond acceptors (Lipinski definition) is 6. The van der Waals surface area contributed by atoms with Crippen LogP contribution in [0.4, 0.5) is 0 Å². The van der Waals surface area contributed by atoms with Gasteiger partial charge >= 0.3 is 0 Å². The summed E-state index contributed by atoms with van der Waals surface area (Å²) in [4.78, 5) is 14.2. The third-order valence-electron chi connectivity index (χ3n) is 3.73. The highest BCUT2D eigenvalue weighted by Crippen LogP contribution is 2.36. The van der Waals surface area contributed by atoms with Crippen molar-refractivity contribution in [2.24, 2.45) is 0 Å². The Kier molecular flexibility index (Phi) is 5.58. The summed E-state index contributed by atoms with van der Waals surface area (Å²) in [5, 5.41) is 8.07. The van der Waals surface area contributed by atoms with Gasteiger partial charge in [0.25, 0.3) is 5.22 Å². The number of rotatable bonds is 6. The van der Waals surface area contributed by atoms with Gasteiger partial charge in [-0.15, -0.1) is 10.2 Å². The summed E-state index contributed by atoms with van der Waals surface area (Å²) in [6.07, 6.45) is 0. The lowest BCUT2D eigenvalue weighted by Gasteiger charge is -2.18. The Balaban J connectivity index is 1.83. The molecule has 1 amide bonds. The number of carbonyl (C=O) groups is 1. The third-order valence-corrected chi connectivity index (χ3v) is 4.81. The molecule has 0 aliphatic rings. The SMILES string of the molecule is COc1ccc(-c2nnc(S[C@H](C(=O)N(C)C)c3ccccc3)o2)cc1. The molecule has 1 aromatic heterocycles. The maximum atomic E-state index is 12.6.